The van der Waals surface area contributed by atoms with Gasteiger partial charge in [-0.25, -0.2) is 9.97 Å². The molecule has 0 spiro atoms. The molecule has 0 amide bonds. The number of benzene rings is 1. The van der Waals surface area contributed by atoms with E-state index in [1.54, 1.807) is 0 Å². The van der Waals surface area contributed by atoms with E-state index in [1.165, 1.54) is 18.4 Å². The van der Waals surface area contributed by atoms with Gasteiger partial charge in [0.05, 0.1) is 13.1 Å². The molecule has 0 radical (unpaired) electrons. The summed E-state index contributed by atoms with van der Waals surface area (Å²) >= 11 is 6.00. The lowest BCUT2D eigenvalue weighted by atomic mass is 10.2. The normalized spacial score (nSPS) is 14.5. The zero-order chi connectivity index (χ0) is 17.6. The first kappa shape index (κ1) is 17.9. The van der Waals surface area contributed by atoms with E-state index in [9.17, 15) is 0 Å². The number of pyridine rings is 1. The summed E-state index contributed by atoms with van der Waals surface area (Å²) in [5, 5.41) is 0.764. The largest absolute Gasteiger partial charge is 0.307 e. The number of hydrogen-bond donors (Lipinski definition) is 0. The molecule has 2 aromatic heterocycles. The van der Waals surface area contributed by atoms with Gasteiger partial charge in [-0.05, 0) is 55.8 Å². The molecule has 0 aliphatic carbocycles. The van der Waals surface area contributed by atoms with Crippen molar-refractivity contribution in [2.75, 3.05) is 13.1 Å². The summed E-state index contributed by atoms with van der Waals surface area (Å²) in [6.07, 6.45) is 4.41. The second-order valence-corrected chi connectivity index (χ2v) is 6.51. The van der Waals surface area contributed by atoms with Crippen molar-refractivity contribution >= 4 is 22.8 Å². The molecule has 3 aromatic rings. The molecule has 4 nitrogen and oxygen atoms in total. The van der Waals surface area contributed by atoms with Crippen molar-refractivity contribution in [2.24, 2.45) is 0 Å². The van der Waals surface area contributed by atoms with Gasteiger partial charge in [0.15, 0.2) is 5.65 Å². The summed E-state index contributed by atoms with van der Waals surface area (Å²) in [5.41, 5.74) is 3.13. The van der Waals surface area contributed by atoms with Crippen LogP contribution in [0.4, 0.5) is 0 Å². The Balaban J connectivity index is 0.000000880. The van der Waals surface area contributed by atoms with Gasteiger partial charge in [-0.3, -0.25) is 4.90 Å². The van der Waals surface area contributed by atoms with E-state index < -0.39 is 0 Å². The maximum absolute atomic E-state index is 6.00. The zero-order valence-electron chi connectivity index (χ0n) is 15.0. The molecule has 0 N–H and O–H groups in total. The molecule has 0 unspecified atom stereocenters. The average Bonchev–Trinajstić information content (AvgIpc) is 3.28. The Morgan fingerprint density at radius 1 is 1.00 bits per heavy atom. The number of nitrogens with zero attached hydrogens (tertiary/aromatic N) is 4. The second-order valence-electron chi connectivity index (χ2n) is 6.07. The van der Waals surface area contributed by atoms with Gasteiger partial charge >= 0.3 is 0 Å². The van der Waals surface area contributed by atoms with E-state index in [-0.39, 0.29) is 0 Å². The van der Waals surface area contributed by atoms with E-state index >= 15 is 0 Å². The van der Waals surface area contributed by atoms with Crippen molar-refractivity contribution in [2.45, 2.75) is 39.8 Å². The summed E-state index contributed by atoms with van der Waals surface area (Å²) in [5.74, 6) is 1.09. The lowest BCUT2D eigenvalue weighted by Crippen LogP contribution is -2.21. The van der Waals surface area contributed by atoms with Gasteiger partial charge < -0.3 is 4.57 Å². The first-order valence-electron chi connectivity index (χ1n) is 9.06. The molecule has 0 saturated carbocycles. The molecule has 1 saturated heterocycles. The minimum atomic E-state index is 0.764. The molecule has 132 valence electrons. The average molecular weight is 357 g/mol. The van der Waals surface area contributed by atoms with Crippen LogP contribution < -0.4 is 0 Å². The Morgan fingerprint density at radius 2 is 1.72 bits per heavy atom. The highest BCUT2D eigenvalue weighted by Crippen LogP contribution is 2.20. The summed E-state index contributed by atoms with van der Waals surface area (Å²) in [6.45, 7) is 7.99. The monoisotopic (exact) mass is 356 g/mol. The molecule has 0 atom stereocenters. The second kappa shape index (κ2) is 8.45. The van der Waals surface area contributed by atoms with Gasteiger partial charge in [-0.15, -0.1) is 0 Å². The smallest absolute Gasteiger partial charge is 0.160 e. The molecule has 4 rings (SSSR count). The molecule has 1 aliphatic rings. The number of fused-ring (bicyclic) bond motifs is 1. The van der Waals surface area contributed by atoms with E-state index in [2.05, 4.69) is 26.6 Å². The van der Waals surface area contributed by atoms with Crippen LogP contribution >= 0.6 is 11.6 Å². The number of halogens is 1. The molecule has 0 bridgehead atoms. The summed E-state index contributed by atoms with van der Waals surface area (Å²) in [7, 11) is 0. The Bertz CT molecular complexity index is 804. The van der Waals surface area contributed by atoms with Crippen LogP contribution in [0.3, 0.4) is 0 Å². The Hall–Kier alpha value is -1.91. The first-order chi connectivity index (χ1) is 12.3. The van der Waals surface area contributed by atoms with Gasteiger partial charge in [0.25, 0.3) is 0 Å². The van der Waals surface area contributed by atoms with Gasteiger partial charge in [-0.2, -0.15) is 0 Å². The van der Waals surface area contributed by atoms with Crippen LogP contribution in [0, 0.1) is 0 Å². The van der Waals surface area contributed by atoms with Crippen molar-refractivity contribution in [3.05, 3.63) is 59.0 Å². The van der Waals surface area contributed by atoms with Crippen molar-refractivity contribution in [3.63, 3.8) is 0 Å². The molecule has 1 aliphatic heterocycles. The molecule has 3 heterocycles. The third-order valence-corrected chi connectivity index (χ3v) is 4.65. The van der Waals surface area contributed by atoms with Crippen LogP contribution in [-0.4, -0.2) is 32.5 Å². The number of likely N-dealkylation sites (tertiary alicyclic amines) is 1. The van der Waals surface area contributed by atoms with Crippen LogP contribution in [0.15, 0.2) is 42.6 Å². The van der Waals surface area contributed by atoms with Gasteiger partial charge in [0, 0.05) is 11.2 Å². The molecule has 1 fully saturated rings. The standard InChI is InChI=1S/C18H19ClN4.C2H6/c19-15-7-5-14(6-8-15)12-23-17(13-22-10-1-2-11-22)21-16-4-3-9-20-18(16)23;1-2/h3-9H,1-2,10-13H2;1-2H3. The molecular formula is C20H25ClN4. The first-order valence-corrected chi connectivity index (χ1v) is 9.44. The number of rotatable bonds is 4. The quantitative estimate of drug-likeness (QED) is 0.676. The van der Waals surface area contributed by atoms with E-state index in [0.29, 0.717) is 0 Å². The minimum absolute atomic E-state index is 0.764. The predicted octanol–water partition coefficient (Wildman–Crippen LogP) is 4.76. The number of hydrogen-bond acceptors (Lipinski definition) is 3. The highest BCUT2D eigenvalue weighted by Gasteiger charge is 2.17. The van der Waals surface area contributed by atoms with E-state index in [4.69, 9.17) is 16.6 Å². The summed E-state index contributed by atoms with van der Waals surface area (Å²) < 4.78 is 2.23. The van der Waals surface area contributed by atoms with Crippen LogP contribution in [-0.2, 0) is 13.1 Å². The summed E-state index contributed by atoms with van der Waals surface area (Å²) in [6, 6.07) is 12.0. The zero-order valence-corrected chi connectivity index (χ0v) is 15.7. The number of aromatic nitrogens is 3. The SMILES string of the molecule is CC.Clc1ccc(Cn2c(CN3CCCC3)nc3cccnc32)cc1. The van der Waals surface area contributed by atoms with Crippen LogP contribution in [0.2, 0.25) is 5.02 Å². The lowest BCUT2D eigenvalue weighted by molar-refractivity contribution is 0.318. The summed E-state index contributed by atoms with van der Waals surface area (Å²) in [4.78, 5) is 11.8. The maximum atomic E-state index is 6.00. The maximum Gasteiger partial charge on any atom is 0.160 e. The fourth-order valence-electron chi connectivity index (χ4n) is 3.21. The predicted molar refractivity (Wildman–Crippen MR) is 104 cm³/mol. The Kier molecular flexibility index (Phi) is 6.05. The van der Waals surface area contributed by atoms with Crippen molar-refractivity contribution in [3.8, 4) is 0 Å². The minimum Gasteiger partial charge on any atom is -0.307 e. The van der Waals surface area contributed by atoms with E-state index in [1.807, 2.05) is 44.3 Å². The highest BCUT2D eigenvalue weighted by molar-refractivity contribution is 6.30. The van der Waals surface area contributed by atoms with Crippen LogP contribution in [0.1, 0.15) is 38.1 Å². The van der Waals surface area contributed by atoms with Crippen LogP contribution in [0.25, 0.3) is 11.2 Å². The van der Waals surface area contributed by atoms with Gasteiger partial charge in [-0.1, -0.05) is 37.6 Å². The van der Waals surface area contributed by atoms with Crippen molar-refractivity contribution in [1.29, 1.82) is 0 Å². The third-order valence-electron chi connectivity index (χ3n) is 4.40. The fraction of sp³-hybridized carbons (Fsp3) is 0.400. The lowest BCUT2D eigenvalue weighted by Gasteiger charge is -2.15. The third kappa shape index (κ3) is 4.20. The molecule has 25 heavy (non-hydrogen) atoms. The highest BCUT2D eigenvalue weighted by atomic mass is 35.5. The molecule has 1 aromatic carbocycles. The van der Waals surface area contributed by atoms with Gasteiger partial charge in [0.1, 0.15) is 11.3 Å². The molecular weight excluding hydrogens is 332 g/mol. The van der Waals surface area contributed by atoms with Crippen molar-refractivity contribution in [1.82, 2.24) is 19.4 Å². The van der Waals surface area contributed by atoms with Crippen LogP contribution in [0.5, 0.6) is 0 Å². The Morgan fingerprint density at radius 3 is 2.44 bits per heavy atom. The van der Waals surface area contributed by atoms with Gasteiger partial charge in [0.2, 0.25) is 0 Å². The number of imidazole rings is 1. The Labute approximate surface area is 154 Å². The fourth-order valence-corrected chi connectivity index (χ4v) is 3.33. The van der Waals surface area contributed by atoms with Crippen molar-refractivity contribution < 1.29 is 0 Å². The topological polar surface area (TPSA) is 34.0 Å². The molecule has 5 heteroatoms. The van der Waals surface area contributed by atoms with E-state index in [0.717, 1.165) is 48.2 Å².